The van der Waals surface area contributed by atoms with E-state index in [1.807, 2.05) is 6.92 Å². The quantitative estimate of drug-likeness (QED) is 0.478. The van der Waals surface area contributed by atoms with E-state index >= 15 is 0 Å². The predicted molar refractivity (Wildman–Crippen MR) is 110 cm³/mol. The monoisotopic (exact) mass is 402 g/mol. The van der Waals surface area contributed by atoms with Gasteiger partial charge in [-0.3, -0.25) is 10.1 Å². The normalized spacial score (nSPS) is 16.6. The first kappa shape index (κ1) is 20.9. The van der Waals surface area contributed by atoms with Crippen LogP contribution in [0.4, 0.5) is 0 Å². The highest BCUT2D eigenvalue weighted by atomic mass is 16.5. The van der Waals surface area contributed by atoms with E-state index in [2.05, 4.69) is 30.4 Å². The van der Waals surface area contributed by atoms with E-state index in [1.54, 1.807) is 38.7 Å². The number of nitrogens with zero attached hydrogens (tertiary/aromatic N) is 4. The molecule has 0 aliphatic carbocycles. The summed E-state index contributed by atoms with van der Waals surface area (Å²) in [5, 5.41) is 21.0. The zero-order valence-corrected chi connectivity index (χ0v) is 17.3. The summed E-state index contributed by atoms with van der Waals surface area (Å²) in [6.07, 6.45) is 2.72. The second-order valence-electron chi connectivity index (χ2n) is 6.95. The molecule has 1 aliphatic heterocycles. The molecule has 1 aromatic heterocycles. The number of aromatic amines is 1. The molecule has 2 heterocycles. The predicted octanol–water partition coefficient (Wildman–Crippen LogP) is 1.70. The molecule has 1 aliphatic rings. The first-order valence-electron chi connectivity index (χ1n) is 9.94. The van der Waals surface area contributed by atoms with Crippen LogP contribution in [0.1, 0.15) is 43.2 Å². The van der Waals surface area contributed by atoms with Crippen molar-refractivity contribution in [3.8, 4) is 11.5 Å². The highest BCUT2D eigenvalue weighted by Crippen LogP contribution is 2.30. The molecule has 0 amide bonds. The molecule has 9 nitrogen and oxygen atoms in total. The van der Waals surface area contributed by atoms with Crippen LogP contribution in [0.25, 0.3) is 0 Å². The van der Waals surface area contributed by atoms with Crippen molar-refractivity contribution in [2.75, 3.05) is 40.4 Å². The maximum atomic E-state index is 10.7. The second kappa shape index (κ2) is 10.1. The van der Waals surface area contributed by atoms with Gasteiger partial charge in [-0.2, -0.15) is 5.10 Å². The van der Waals surface area contributed by atoms with Gasteiger partial charge in [0.05, 0.1) is 20.8 Å². The number of H-pyrrole nitrogens is 1. The van der Waals surface area contributed by atoms with Crippen LogP contribution in [-0.2, 0) is 0 Å². The summed E-state index contributed by atoms with van der Waals surface area (Å²) < 4.78 is 10.6. The second-order valence-corrected chi connectivity index (χ2v) is 6.95. The van der Waals surface area contributed by atoms with Gasteiger partial charge in [0.1, 0.15) is 29.8 Å². The summed E-state index contributed by atoms with van der Waals surface area (Å²) in [7, 11) is 3.19. The highest BCUT2D eigenvalue weighted by Gasteiger charge is 2.24. The molecular formula is C20H30N6O3. The minimum Gasteiger partial charge on any atom is -0.497 e. The summed E-state index contributed by atoms with van der Waals surface area (Å²) in [6.45, 7) is 4.77. The maximum absolute atomic E-state index is 10.7. The number of piperidine rings is 1. The van der Waals surface area contributed by atoms with Crippen molar-refractivity contribution in [3.05, 3.63) is 35.9 Å². The van der Waals surface area contributed by atoms with E-state index in [4.69, 9.17) is 9.47 Å². The molecule has 1 aromatic carbocycles. The van der Waals surface area contributed by atoms with E-state index < -0.39 is 6.10 Å². The molecule has 0 radical (unpaired) electrons. The van der Waals surface area contributed by atoms with E-state index in [1.165, 1.54) is 0 Å². The SMILES string of the molecule is CCNC(=NCC(O)c1cc(OC)ccc1OC)N1CCC(c2ncn[nH]2)CC1. The zero-order chi connectivity index (χ0) is 20.6. The average Bonchev–Trinajstić information content (AvgIpc) is 3.31. The zero-order valence-electron chi connectivity index (χ0n) is 17.3. The van der Waals surface area contributed by atoms with Gasteiger partial charge < -0.3 is 24.8 Å². The van der Waals surface area contributed by atoms with Gasteiger partial charge >= 0.3 is 0 Å². The number of aliphatic imine (C=N–C) groups is 1. The number of aliphatic hydroxyl groups excluding tert-OH is 1. The number of ether oxygens (including phenoxy) is 2. The van der Waals surface area contributed by atoms with Crippen LogP contribution in [0.3, 0.4) is 0 Å². The van der Waals surface area contributed by atoms with Gasteiger partial charge in [-0.25, -0.2) is 4.98 Å². The van der Waals surface area contributed by atoms with Crippen molar-refractivity contribution in [2.45, 2.75) is 31.8 Å². The number of hydrogen-bond donors (Lipinski definition) is 3. The molecule has 1 unspecified atom stereocenters. The summed E-state index contributed by atoms with van der Waals surface area (Å²) in [5.74, 6) is 3.44. The summed E-state index contributed by atoms with van der Waals surface area (Å²) in [5.41, 5.74) is 0.662. The van der Waals surface area contributed by atoms with Crippen LogP contribution in [0.5, 0.6) is 11.5 Å². The number of hydrogen-bond acceptors (Lipinski definition) is 6. The number of benzene rings is 1. The van der Waals surface area contributed by atoms with Crippen molar-refractivity contribution in [1.82, 2.24) is 25.4 Å². The van der Waals surface area contributed by atoms with E-state index in [0.717, 1.165) is 44.3 Å². The third kappa shape index (κ3) is 5.17. The summed E-state index contributed by atoms with van der Waals surface area (Å²) in [4.78, 5) is 11.2. The topological polar surface area (TPSA) is 108 Å². The Kier molecular flexibility index (Phi) is 7.29. The Morgan fingerprint density at radius 3 is 2.76 bits per heavy atom. The molecular weight excluding hydrogens is 372 g/mol. The van der Waals surface area contributed by atoms with E-state index in [-0.39, 0.29) is 6.54 Å². The van der Waals surface area contributed by atoms with Gasteiger partial charge in [-0.05, 0) is 38.0 Å². The van der Waals surface area contributed by atoms with Crippen LogP contribution < -0.4 is 14.8 Å². The maximum Gasteiger partial charge on any atom is 0.194 e. The number of rotatable bonds is 7. The fraction of sp³-hybridized carbons (Fsp3) is 0.550. The van der Waals surface area contributed by atoms with Crippen LogP contribution in [0.2, 0.25) is 0 Å². The van der Waals surface area contributed by atoms with Crippen LogP contribution in [0.15, 0.2) is 29.5 Å². The van der Waals surface area contributed by atoms with Crippen molar-refractivity contribution in [2.24, 2.45) is 4.99 Å². The average molecular weight is 402 g/mol. The molecule has 158 valence electrons. The van der Waals surface area contributed by atoms with Crippen LogP contribution >= 0.6 is 0 Å². The van der Waals surface area contributed by atoms with Gasteiger partial charge in [0.2, 0.25) is 0 Å². The number of aromatic nitrogens is 3. The molecule has 29 heavy (non-hydrogen) atoms. The van der Waals surface area contributed by atoms with Crippen LogP contribution in [-0.4, -0.2) is 71.5 Å². The molecule has 2 aromatic rings. The summed E-state index contributed by atoms with van der Waals surface area (Å²) >= 11 is 0. The van der Waals surface area contributed by atoms with E-state index in [0.29, 0.717) is 23.0 Å². The van der Waals surface area contributed by atoms with Gasteiger partial charge in [-0.1, -0.05) is 0 Å². The first-order chi connectivity index (χ1) is 14.2. The van der Waals surface area contributed by atoms with Crippen molar-refractivity contribution in [3.63, 3.8) is 0 Å². The van der Waals surface area contributed by atoms with Gasteiger partial charge in [0, 0.05) is 31.1 Å². The van der Waals surface area contributed by atoms with Crippen molar-refractivity contribution < 1.29 is 14.6 Å². The Morgan fingerprint density at radius 2 is 2.14 bits per heavy atom. The minimum atomic E-state index is -0.791. The third-order valence-corrected chi connectivity index (χ3v) is 5.16. The molecule has 1 atom stereocenters. The van der Waals surface area contributed by atoms with Gasteiger partial charge in [-0.15, -0.1) is 0 Å². The molecule has 0 bridgehead atoms. The first-order valence-corrected chi connectivity index (χ1v) is 9.94. The fourth-order valence-corrected chi connectivity index (χ4v) is 3.57. The largest absolute Gasteiger partial charge is 0.497 e. The lowest BCUT2D eigenvalue weighted by Gasteiger charge is -2.33. The standard InChI is InChI=1S/C20H30N6O3/c1-4-21-20(26-9-7-14(8-10-26)19-23-13-24-25-19)22-12-17(27)16-11-15(28-2)5-6-18(16)29-3/h5-6,11,13-14,17,27H,4,7-10,12H2,1-3H3,(H,21,22)(H,23,24,25). The number of methoxy groups -OCH3 is 2. The van der Waals surface area contributed by atoms with Crippen LogP contribution in [0, 0.1) is 0 Å². The third-order valence-electron chi connectivity index (χ3n) is 5.16. The fourth-order valence-electron chi connectivity index (χ4n) is 3.57. The van der Waals surface area contributed by atoms with Crippen molar-refractivity contribution in [1.29, 1.82) is 0 Å². The molecule has 9 heteroatoms. The van der Waals surface area contributed by atoms with E-state index in [9.17, 15) is 5.11 Å². The number of aliphatic hydroxyl groups is 1. The Morgan fingerprint density at radius 1 is 1.34 bits per heavy atom. The minimum absolute atomic E-state index is 0.230. The highest BCUT2D eigenvalue weighted by molar-refractivity contribution is 5.80. The lowest BCUT2D eigenvalue weighted by atomic mass is 9.96. The molecule has 1 fully saturated rings. The molecule has 0 saturated carbocycles. The summed E-state index contributed by atoms with van der Waals surface area (Å²) in [6, 6.07) is 5.39. The van der Waals surface area contributed by atoms with Crippen molar-refractivity contribution >= 4 is 5.96 Å². The number of guanidine groups is 1. The Bertz CT molecular complexity index is 788. The molecule has 3 N–H and O–H groups in total. The number of likely N-dealkylation sites (tertiary alicyclic amines) is 1. The number of nitrogens with one attached hydrogen (secondary N) is 2. The smallest absolute Gasteiger partial charge is 0.194 e. The van der Waals surface area contributed by atoms with Gasteiger partial charge in [0.25, 0.3) is 0 Å². The van der Waals surface area contributed by atoms with Gasteiger partial charge in [0.15, 0.2) is 5.96 Å². The Labute approximate surface area is 171 Å². The molecule has 1 saturated heterocycles. The Hall–Kier alpha value is -2.81. The Balaban J connectivity index is 1.66. The molecule has 0 spiro atoms. The lowest BCUT2D eigenvalue weighted by Crippen LogP contribution is -2.45. The molecule has 3 rings (SSSR count). The lowest BCUT2D eigenvalue weighted by molar-refractivity contribution is 0.181.